The monoisotopic (exact) mass is 714 g/mol. The molecule has 11 nitrogen and oxygen atoms in total. The van der Waals surface area contributed by atoms with E-state index in [0.29, 0.717) is 37.2 Å². The molecule has 0 radical (unpaired) electrons. The molecular weight excluding hydrogens is 660 g/mol. The maximum atomic E-state index is 13.4. The summed E-state index contributed by atoms with van der Waals surface area (Å²) in [5.74, 6) is 0.287. The minimum Gasteiger partial charge on any atom is -0.508 e. The van der Waals surface area contributed by atoms with Crippen molar-refractivity contribution in [2.45, 2.75) is 96.1 Å². The van der Waals surface area contributed by atoms with Crippen LogP contribution in [0.15, 0.2) is 77.9 Å². The van der Waals surface area contributed by atoms with Crippen LogP contribution in [0.25, 0.3) is 0 Å². The van der Waals surface area contributed by atoms with Crippen molar-refractivity contribution in [2.75, 3.05) is 26.2 Å². The van der Waals surface area contributed by atoms with E-state index in [9.17, 15) is 29.7 Å². The van der Waals surface area contributed by atoms with Gasteiger partial charge in [0, 0.05) is 24.6 Å². The van der Waals surface area contributed by atoms with Crippen LogP contribution in [0.3, 0.4) is 0 Å². The molecule has 1 aliphatic rings. The molecule has 4 rings (SSSR count). The number of aliphatic hydroxyl groups is 1. The molecule has 3 aromatic rings. The van der Waals surface area contributed by atoms with Gasteiger partial charge in [0.25, 0.3) is 5.91 Å². The Kier molecular flexibility index (Phi) is 16.5. The average Bonchev–Trinajstić information content (AvgIpc) is 3.57. The zero-order valence-electron chi connectivity index (χ0n) is 30.3. The van der Waals surface area contributed by atoms with Crippen LogP contribution in [-0.4, -0.2) is 81.6 Å². The number of rotatable bonds is 22. The molecule has 0 aromatic heterocycles. The second kappa shape index (κ2) is 21.5. The van der Waals surface area contributed by atoms with Crippen LogP contribution in [0, 0.1) is 0 Å². The number of nitrogens with one attached hydrogen (secondary N) is 1. The first-order valence-electron chi connectivity index (χ1n) is 18.6. The van der Waals surface area contributed by atoms with E-state index in [2.05, 4.69) is 10.4 Å². The fourth-order valence-electron chi connectivity index (χ4n) is 6.14. The average molecular weight is 715 g/mol. The van der Waals surface area contributed by atoms with Gasteiger partial charge < -0.3 is 30.3 Å². The lowest BCUT2D eigenvalue weighted by Crippen LogP contribution is -2.41. The Bertz CT molecular complexity index is 1560. The molecule has 4 N–H and O–H groups in total. The fraction of sp³-hybridized carbons (Fsp3) is 0.463. The largest absolute Gasteiger partial charge is 0.508 e. The van der Waals surface area contributed by atoms with Crippen LogP contribution in [0.1, 0.15) is 111 Å². The van der Waals surface area contributed by atoms with Gasteiger partial charge in [0.15, 0.2) is 0 Å². The SMILES string of the molecule is CC(CCc1ccc(O)cc1)N(CC(O)c1ccc(O)cc1)C(=O)CCCCCCCCCCCNC(=O)c1ccc(/C=N/N2CCOC2=O)cc1. The molecule has 0 bridgehead atoms. The van der Waals surface area contributed by atoms with E-state index in [4.69, 9.17) is 4.74 Å². The van der Waals surface area contributed by atoms with E-state index in [1.54, 1.807) is 71.8 Å². The maximum Gasteiger partial charge on any atom is 0.430 e. The molecule has 0 aliphatic carbocycles. The Morgan fingerprint density at radius 2 is 1.46 bits per heavy atom. The van der Waals surface area contributed by atoms with E-state index in [-0.39, 0.29) is 35.9 Å². The molecule has 2 atom stereocenters. The zero-order chi connectivity index (χ0) is 37.1. The van der Waals surface area contributed by atoms with Gasteiger partial charge in [-0.1, -0.05) is 81.3 Å². The Labute approximate surface area is 307 Å². The lowest BCUT2D eigenvalue weighted by molar-refractivity contribution is -0.135. The number of cyclic esters (lactones) is 1. The van der Waals surface area contributed by atoms with Crippen molar-refractivity contribution < 1.29 is 34.4 Å². The molecule has 3 amide bonds. The van der Waals surface area contributed by atoms with Crippen molar-refractivity contribution >= 4 is 24.1 Å². The number of hydrazone groups is 1. The van der Waals surface area contributed by atoms with Gasteiger partial charge in [-0.25, -0.2) is 4.79 Å². The Morgan fingerprint density at radius 1 is 0.865 bits per heavy atom. The summed E-state index contributed by atoms with van der Waals surface area (Å²) in [6.45, 7) is 3.61. The van der Waals surface area contributed by atoms with Crippen LogP contribution in [0.2, 0.25) is 0 Å². The summed E-state index contributed by atoms with van der Waals surface area (Å²) in [6.07, 6.45) is 11.6. The number of phenols is 2. The number of nitrogens with zero attached hydrogens (tertiary/aromatic N) is 3. The summed E-state index contributed by atoms with van der Waals surface area (Å²) in [6, 6.07) is 20.6. The smallest absolute Gasteiger partial charge is 0.430 e. The Morgan fingerprint density at radius 3 is 2.08 bits per heavy atom. The molecule has 1 aliphatic heterocycles. The van der Waals surface area contributed by atoms with E-state index in [0.717, 1.165) is 81.8 Å². The lowest BCUT2D eigenvalue weighted by Gasteiger charge is -2.32. The summed E-state index contributed by atoms with van der Waals surface area (Å²) in [5, 5.41) is 38.5. The first kappa shape index (κ1) is 39.9. The first-order chi connectivity index (χ1) is 25.2. The molecule has 52 heavy (non-hydrogen) atoms. The number of aryl methyl sites for hydroxylation is 1. The van der Waals surface area contributed by atoms with Crippen LogP contribution in [0.5, 0.6) is 11.5 Å². The maximum absolute atomic E-state index is 13.4. The number of carbonyl (C=O) groups is 3. The van der Waals surface area contributed by atoms with Gasteiger partial charge in [0.2, 0.25) is 5.91 Å². The quantitative estimate of drug-likeness (QED) is 0.0640. The summed E-state index contributed by atoms with van der Waals surface area (Å²) < 4.78 is 4.85. The number of phenolic OH excluding ortho intramolecular Hbond substituents is 2. The third kappa shape index (κ3) is 13.7. The van der Waals surface area contributed by atoms with Gasteiger partial charge in [0.05, 0.1) is 25.4 Å². The highest BCUT2D eigenvalue weighted by Crippen LogP contribution is 2.22. The standard InChI is InChI=1S/C41H54N4O7/c1-31(12-13-32-16-22-36(46)23-17-32)44(30-38(48)34-20-24-37(47)25-21-34)39(49)11-9-7-5-3-2-4-6-8-10-26-42-40(50)35-18-14-33(15-19-35)29-43-45-27-28-52-41(45)51/h14-25,29,31,38,46-48H,2-13,26-28,30H2,1H3,(H,42,50)/b43-29+. The number of carbonyl (C=O) groups excluding carboxylic acids is 3. The lowest BCUT2D eigenvalue weighted by atomic mass is 10.0. The predicted octanol–water partition coefficient (Wildman–Crippen LogP) is 7.10. The van der Waals surface area contributed by atoms with Crippen molar-refractivity contribution in [3.63, 3.8) is 0 Å². The number of hydrogen-bond donors (Lipinski definition) is 4. The highest BCUT2D eigenvalue weighted by Gasteiger charge is 2.24. The van der Waals surface area contributed by atoms with Gasteiger partial charge in [-0.15, -0.1) is 0 Å². The van der Waals surface area contributed by atoms with Crippen LogP contribution in [0.4, 0.5) is 4.79 Å². The van der Waals surface area contributed by atoms with Gasteiger partial charge in [0.1, 0.15) is 18.1 Å². The number of aromatic hydroxyl groups is 2. The summed E-state index contributed by atoms with van der Waals surface area (Å²) in [4.78, 5) is 39.2. The van der Waals surface area contributed by atoms with Crippen molar-refractivity contribution in [1.82, 2.24) is 15.2 Å². The normalized spacial score (nSPS) is 14.0. The first-order valence-corrected chi connectivity index (χ1v) is 18.6. The highest BCUT2D eigenvalue weighted by molar-refractivity contribution is 5.95. The van der Waals surface area contributed by atoms with Crippen LogP contribution in [-0.2, 0) is 16.0 Å². The number of amides is 3. The highest BCUT2D eigenvalue weighted by atomic mass is 16.6. The van der Waals surface area contributed by atoms with Gasteiger partial charge >= 0.3 is 6.09 Å². The van der Waals surface area contributed by atoms with E-state index in [1.807, 2.05) is 19.1 Å². The summed E-state index contributed by atoms with van der Waals surface area (Å²) in [5.41, 5.74) is 3.11. The molecule has 3 aromatic carbocycles. The van der Waals surface area contributed by atoms with Crippen LogP contribution < -0.4 is 5.32 Å². The minimum atomic E-state index is -0.855. The summed E-state index contributed by atoms with van der Waals surface area (Å²) in [7, 11) is 0. The van der Waals surface area contributed by atoms with Gasteiger partial charge in [-0.2, -0.15) is 10.1 Å². The number of benzene rings is 3. The zero-order valence-corrected chi connectivity index (χ0v) is 30.3. The Balaban J connectivity index is 1.06. The summed E-state index contributed by atoms with van der Waals surface area (Å²) >= 11 is 0. The second-order valence-electron chi connectivity index (χ2n) is 13.5. The molecule has 1 saturated heterocycles. The molecule has 1 heterocycles. The predicted molar refractivity (Wildman–Crippen MR) is 201 cm³/mol. The van der Waals surface area contributed by atoms with Crippen molar-refractivity contribution in [2.24, 2.45) is 5.10 Å². The van der Waals surface area contributed by atoms with Gasteiger partial charge in [-0.05, 0) is 85.7 Å². The molecule has 280 valence electrons. The number of hydrogen-bond acceptors (Lipinski definition) is 8. The number of ether oxygens (including phenoxy) is 1. The van der Waals surface area contributed by atoms with Crippen molar-refractivity contribution in [3.8, 4) is 11.5 Å². The van der Waals surface area contributed by atoms with E-state index >= 15 is 0 Å². The minimum absolute atomic E-state index is 0.0390. The topological polar surface area (TPSA) is 152 Å². The number of aliphatic hydroxyl groups excluding tert-OH is 1. The van der Waals surface area contributed by atoms with Gasteiger partial charge in [-0.3, -0.25) is 9.59 Å². The Hall–Kier alpha value is -4.90. The second-order valence-corrected chi connectivity index (χ2v) is 13.5. The molecule has 0 spiro atoms. The molecular formula is C41H54N4O7. The molecule has 2 unspecified atom stereocenters. The van der Waals surface area contributed by atoms with E-state index < -0.39 is 12.2 Å². The third-order valence-corrected chi connectivity index (χ3v) is 9.40. The van der Waals surface area contributed by atoms with E-state index in [1.165, 1.54) is 5.01 Å². The third-order valence-electron chi connectivity index (χ3n) is 9.40. The van der Waals surface area contributed by atoms with Crippen molar-refractivity contribution in [1.29, 1.82) is 0 Å². The van der Waals surface area contributed by atoms with Crippen molar-refractivity contribution in [3.05, 3.63) is 95.1 Å². The molecule has 0 saturated carbocycles. The van der Waals surface area contributed by atoms with Crippen LogP contribution >= 0.6 is 0 Å². The molecule has 1 fully saturated rings. The number of unbranched alkanes of at least 4 members (excludes halogenated alkanes) is 8. The molecule has 11 heteroatoms. The fourth-order valence-corrected chi connectivity index (χ4v) is 6.14.